The number of amides is 1. The zero-order chi connectivity index (χ0) is 23.6. The fourth-order valence-corrected chi connectivity index (χ4v) is 5.56. The molecule has 174 valence electrons. The van der Waals surface area contributed by atoms with Crippen molar-refractivity contribution in [2.45, 2.75) is 50.9 Å². The lowest BCUT2D eigenvalue weighted by molar-refractivity contribution is -0.172. The second kappa shape index (κ2) is 7.50. The Morgan fingerprint density at radius 1 is 1.21 bits per heavy atom. The van der Waals surface area contributed by atoms with Crippen LogP contribution in [0.15, 0.2) is 41.2 Å². The molecule has 0 spiro atoms. The fraction of sp³-hybridized carbons (Fsp3) is 0.385. The van der Waals surface area contributed by atoms with Crippen molar-refractivity contribution >= 4 is 22.8 Å². The van der Waals surface area contributed by atoms with Crippen LogP contribution in [-0.4, -0.2) is 44.5 Å². The van der Waals surface area contributed by atoms with E-state index < -0.39 is 17.6 Å². The van der Waals surface area contributed by atoms with Crippen LogP contribution in [0.3, 0.4) is 0 Å². The van der Waals surface area contributed by atoms with Crippen molar-refractivity contribution in [3.05, 3.63) is 63.4 Å². The monoisotopic (exact) mass is 459 g/mol. The van der Waals surface area contributed by atoms with Crippen LogP contribution in [0, 0.1) is 0 Å². The minimum absolute atomic E-state index is 0.00979. The van der Waals surface area contributed by atoms with E-state index in [-0.39, 0.29) is 42.0 Å². The van der Waals surface area contributed by atoms with Gasteiger partial charge in [0.25, 0.3) is 5.56 Å². The molecule has 1 saturated heterocycles. The molecule has 3 aromatic rings. The lowest BCUT2D eigenvalue weighted by Gasteiger charge is -2.32. The van der Waals surface area contributed by atoms with Crippen molar-refractivity contribution in [1.82, 2.24) is 14.5 Å². The van der Waals surface area contributed by atoms with Gasteiger partial charge in [0.15, 0.2) is 5.60 Å². The molecule has 0 radical (unpaired) electrons. The number of likely N-dealkylation sites (tertiary alicyclic amines) is 1. The smallest absolute Gasteiger partial charge is 0.343 e. The number of cyclic esters (lactones) is 1. The Labute approximate surface area is 195 Å². The summed E-state index contributed by atoms with van der Waals surface area (Å²) in [6.45, 7) is 2.95. The van der Waals surface area contributed by atoms with Crippen LogP contribution in [0.2, 0.25) is 0 Å². The third-order valence-corrected chi connectivity index (χ3v) is 7.48. The summed E-state index contributed by atoms with van der Waals surface area (Å²) in [7, 11) is 0. The van der Waals surface area contributed by atoms with Gasteiger partial charge >= 0.3 is 5.97 Å². The molecule has 6 rings (SSSR count). The molecule has 3 aliphatic heterocycles. The summed E-state index contributed by atoms with van der Waals surface area (Å²) in [4.78, 5) is 46.1. The van der Waals surface area contributed by atoms with Crippen molar-refractivity contribution in [2.75, 3.05) is 13.1 Å². The minimum atomic E-state index is -1.89. The Morgan fingerprint density at radius 2 is 1.97 bits per heavy atom. The van der Waals surface area contributed by atoms with Gasteiger partial charge in [-0.25, -0.2) is 9.78 Å². The lowest BCUT2D eigenvalue weighted by Crippen LogP contribution is -2.44. The summed E-state index contributed by atoms with van der Waals surface area (Å²) in [5, 5.41) is 12.1. The Morgan fingerprint density at radius 3 is 2.74 bits per heavy atom. The maximum Gasteiger partial charge on any atom is 0.343 e. The predicted octanol–water partition coefficient (Wildman–Crippen LogP) is 2.63. The van der Waals surface area contributed by atoms with E-state index in [1.54, 1.807) is 17.6 Å². The molecule has 1 N–H and O–H groups in total. The van der Waals surface area contributed by atoms with Crippen molar-refractivity contribution in [3.63, 3.8) is 0 Å². The van der Waals surface area contributed by atoms with Crippen LogP contribution in [-0.2, 0) is 26.5 Å². The Kier molecular flexibility index (Phi) is 4.64. The second-order valence-corrected chi connectivity index (χ2v) is 9.31. The SMILES string of the molecule is CC[C@@]1(O)C(=O)OCc2c1cc1n(c2=O)C(CC(=O)N2CCCC2)c2cc3ccccc3nc2-1. The number of aromatic nitrogens is 2. The Bertz CT molecular complexity index is 1420. The van der Waals surface area contributed by atoms with E-state index in [1.807, 2.05) is 35.2 Å². The largest absolute Gasteiger partial charge is 0.458 e. The summed E-state index contributed by atoms with van der Waals surface area (Å²) in [6.07, 6.45) is 2.21. The maximum atomic E-state index is 13.8. The Hall–Kier alpha value is -3.52. The summed E-state index contributed by atoms with van der Waals surface area (Å²) in [6, 6.07) is 10.9. The summed E-state index contributed by atoms with van der Waals surface area (Å²) in [5.74, 6) is -0.743. The third-order valence-electron chi connectivity index (χ3n) is 7.48. The van der Waals surface area contributed by atoms with Gasteiger partial charge < -0.3 is 14.7 Å². The molecule has 8 heteroatoms. The average Bonchev–Trinajstić information content (AvgIpc) is 3.48. The van der Waals surface area contributed by atoms with E-state index in [1.165, 1.54) is 0 Å². The lowest BCUT2D eigenvalue weighted by atomic mass is 9.86. The first-order valence-electron chi connectivity index (χ1n) is 11.8. The molecule has 0 aliphatic carbocycles. The zero-order valence-electron chi connectivity index (χ0n) is 18.9. The summed E-state index contributed by atoms with van der Waals surface area (Å²) < 4.78 is 6.81. The molecule has 1 fully saturated rings. The van der Waals surface area contributed by atoms with Crippen LogP contribution in [0.4, 0.5) is 0 Å². The van der Waals surface area contributed by atoms with Crippen molar-refractivity contribution in [1.29, 1.82) is 0 Å². The van der Waals surface area contributed by atoms with Crippen LogP contribution >= 0.6 is 0 Å². The molecule has 5 heterocycles. The zero-order valence-corrected chi connectivity index (χ0v) is 18.9. The highest BCUT2D eigenvalue weighted by Crippen LogP contribution is 2.44. The highest BCUT2D eigenvalue weighted by Gasteiger charge is 2.46. The van der Waals surface area contributed by atoms with Gasteiger partial charge in [-0.05, 0) is 37.5 Å². The van der Waals surface area contributed by atoms with Gasteiger partial charge in [0.2, 0.25) is 5.91 Å². The number of pyridine rings is 2. The fourth-order valence-electron chi connectivity index (χ4n) is 5.56. The standard InChI is InChI=1S/C26H25N3O5/c1-2-26(33)18-12-21-23-16(11-15-7-3-4-8-19(15)27-23)20(13-22(30)28-9-5-6-10-28)29(21)24(31)17(18)14-34-25(26)32/h3-4,7-8,11-12,20,33H,2,5-6,9-10,13-14H2,1H3/t20?,26-/m0/s1. The molecule has 0 bridgehead atoms. The number of carbonyl (C=O) groups excluding carboxylic acids is 2. The number of rotatable bonds is 3. The molecule has 1 unspecified atom stereocenters. The van der Waals surface area contributed by atoms with Gasteiger partial charge in [-0.1, -0.05) is 25.1 Å². The number of ether oxygens (including phenoxy) is 1. The van der Waals surface area contributed by atoms with Gasteiger partial charge in [-0.2, -0.15) is 0 Å². The third kappa shape index (κ3) is 2.88. The molecular formula is C26H25N3O5. The molecule has 1 amide bonds. The van der Waals surface area contributed by atoms with Gasteiger partial charge in [0, 0.05) is 29.6 Å². The summed E-state index contributed by atoms with van der Waals surface area (Å²) >= 11 is 0. The van der Waals surface area contributed by atoms with Gasteiger partial charge in [0.1, 0.15) is 6.61 Å². The number of para-hydroxylation sites is 1. The van der Waals surface area contributed by atoms with Gasteiger partial charge in [0.05, 0.1) is 34.9 Å². The first kappa shape index (κ1) is 21.0. The molecule has 3 aliphatic rings. The van der Waals surface area contributed by atoms with E-state index in [0.29, 0.717) is 11.4 Å². The average molecular weight is 460 g/mol. The van der Waals surface area contributed by atoms with Crippen LogP contribution in [0.5, 0.6) is 0 Å². The number of carbonyl (C=O) groups is 2. The molecule has 1 aromatic carbocycles. The molecule has 0 saturated carbocycles. The van der Waals surface area contributed by atoms with Crippen molar-refractivity contribution in [3.8, 4) is 11.4 Å². The number of hydrogen-bond acceptors (Lipinski definition) is 6. The van der Waals surface area contributed by atoms with Crippen molar-refractivity contribution < 1.29 is 19.4 Å². The normalized spacial score (nSPS) is 22.9. The second-order valence-electron chi connectivity index (χ2n) is 9.31. The van der Waals surface area contributed by atoms with E-state index in [4.69, 9.17) is 9.72 Å². The number of benzene rings is 1. The number of esters is 1. The molecule has 2 aromatic heterocycles. The maximum absolute atomic E-state index is 13.8. The molecule has 34 heavy (non-hydrogen) atoms. The minimum Gasteiger partial charge on any atom is -0.458 e. The van der Waals surface area contributed by atoms with Crippen molar-refractivity contribution in [2.24, 2.45) is 0 Å². The number of nitrogens with zero attached hydrogens (tertiary/aromatic N) is 3. The topological polar surface area (TPSA) is 102 Å². The molecule has 8 nitrogen and oxygen atoms in total. The number of aliphatic hydroxyl groups is 1. The first-order valence-corrected chi connectivity index (χ1v) is 11.8. The van der Waals surface area contributed by atoms with E-state index in [2.05, 4.69) is 0 Å². The van der Waals surface area contributed by atoms with Crippen LogP contribution in [0.25, 0.3) is 22.3 Å². The predicted molar refractivity (Wildman–Crippen MR) is 124 cm³/mol. The van der Waals surface area contributed by atoms with Crippen LogP contribution < -0.4 is 5.56 Å². The van der Waals surface area contributed by atoms with E-state index >= 15 is 0 Å². The summed E-state index contributed by atoms with van der Waals surface area (Å²) in [5.41, 5.74) is 0.989. The first-order chi connectivity index (χ1) is 16.4. The van der Waals surface area contributed by atoms with Gasteiger partial charge in [-0.3, -0.25) is 14.2 Å². The number of hydrogen-bond donors (Lipinski definition) is 1. The highest BCUT2D eigenvalue weighted by atomic mass is 16.6. The number of fused-ring (bicyclic) bond motifs is 5. The van der Waals surface area contributed by atoms with Gasteiger partial charge in [-0.15, -0.1) is 0 Å². The Balaban J connectivity index is 1.59. The van der Waals surface area contributed by atoms with E-state index in [9.17, 15) is 19.5 Å². The highest BCUT2D eigenvalue weighted by molar-refractivity contribution is 5.87. The molecule has 2 atom stereocenters. The molecular weight excluding hydrogens is 434 g/mol. The quantitative estimate of drug-likeness (QED) is 0.605. The van der Waals surface area contributed by atoms with E-state index in [0.717, 1.165) is 42.4 Å². The van der Waals surface area contributed by atoms with Crippen LogP contribution in [0.1, 0.15) is 55.3 Å².